The molecule has 3 rings (SSSR count). The van der Waals surface area contributed by atoms with Gasteiger partial charge in [0.2, 0.25) is 0 Å². The van der Waals surface area contributed by atoms with Crippen LogP contribution in [0.1, 0.15) is 37.4 Å². The fourth-order valence-electron chi connectivity index (χ4n) is 2.79. The van der Waals surface area contributed by atoms with Gasteiger partial charge in [-0.05, 0) is 44.2 Å². The number of aryl methyl sites for hydroxylation is 1. The number of nitrogens with one attached hydrogen (secondary N) is 1. The van der Waals surface area contributed by atoms with Gasteiger partial charge in [0, 0.05) is 16.6 Å². The van der Waals surface area contributed by atoms with Crippen LogP contribution < -0.4 is 10.2 Å². The Bertz CT molecular complexity index is 658. The number of pyridine rings is 1. The third-order valence-electron chi connectivity index (χ3n) is 3.75. The third kappa shape index (κ3) is 2.14. The van der Waals surface area contributed by atoms with Crippen LogP contribution in [0.5, 0.6) is 5.75 Å². The first-order valence-corrected chi connectivity index (χ1v) is 7.11. The van der Waals surface area contributed by atoms with Gasteiger partial charge < -0.3 is 9.72 Å². The molecule has 0 aliphatic heterocycles. The second-order valence-electron chi connectivity index (χ2n) is 5.15. The molecule has 3 nitrogen and oxygen atoms in total. The molecule has 0 saturated heterocycles. The molecule has 19 heavy (non-hydrogen) atoms. The van der Waals surface area contributed by atoms with Crippen molar-refractivity contribution in [2.75, 3.05) is 6.61 Å². The third-order valence-corrected chi connectivity index (χ3v) is 3.75. The lowest BCUT2D eigenvalue weighted by Crippen LogP contribution is -2.18. The fourth-order valence-corrected chi connectivity index (χ4v) is 2.79. The number of hydrogen-bond donors (Lipinski definition) is 1. The van der Waals surface area contributed by atoms with Crippen molar-refractivity contribution in [3.63, 3.8) is 0 Å². The molecule has 1 N–H and O–H groups in total. The van der Waals surface area contributed by atoms with Crippen molar-refractivity contribution < 1.29 is 4.74 Å². The number of aromatic nitrogens is 1. The number of rotatable bonds is 3. The summed E-state index contributed by atoms with van der Waals surface area (Å²) in [5.74, 6) is 0.796. The molecule has 1 aromatic heterocycles. The first-order chi connectivity index (χ1) is 9.31. The molecule has 100 valence electrons. The van der Waals surface area contributed by atoms with Crippen LogP contribution in [0.4, 0.5) is 0 Å². The van der Waals surface area contributed by atoms with Crippen LogP contribution in [0.3, 0.4) is 0 Å². The summed E-state index contributed by atoms with van der Waals surface area (Å²) in [4.78, 5) is 16.0. The molecule has 1 aliphatic rings. The molecule has 0 radical (unpaired) electrons. The highest BCUT2D eigenvalue weighted by Gasteiger charge is 2.17. The maximum Gasteiger partial charge on any atom is 0.192 e. The smallest absolute Gasteiger partial charge is 0.192 e. The van der Waals surface area contributed by atoms with Crippen molar-refractivity contribution in [2.45, 2.75) is 39.0 Å². The predicted molar refractivity (Wildman–Crippen MR) is 77.0 cm³/mol. The van der Waals surface area contributed by atoms with Gasteiger partial charge >= 0.3 is 0 Å². The SMILES string of the molecule is CCCOc1cccc2c(=O)c3c([nH]c12)CCCC3. The van der Waals surface area contributed by atoms with Crippen LogP contribution in [-0.2, 0) is 12.8 Å². The number of ether oxygens (including phenoxy) is 1. The zero-order valence-corrected chi connectivity index (χ0v) is 11.3. The Morgan fingerprint density at radius 3 is 2.95 bits per heavy atom. The van der Waals surface area contributed by atoms with E-state index in [4.69, 9.17) is 4.74 Å². The molecule has 0 fully saturated rings. The molecule has 0 atom stereocenters. The van der Waals surface area contributed by atoms with Gasteiger partial charge in [-0.15, -0.1) is 0 Å². The van der Waals surface area contributed by atoms with E-state index in [9.17, 15) is 4.79 Å². The predicted octanol–water partition coefficient (Wildman–Crippen LogP) is 3.20. The van der Waals surface area contributed by atoms with E-state index in [-0.39, 0.29) is 5.43 Å². The summed E-state index contributed by atoms with van der Waals surface area (Å²) < 4.78 is 5.74. The minimum atomic E-state index is 0.186. The molecule has 1 heterocycles. The summed E-state index contributed by atoms with van der Waals surface area (Å²) in [6, 6.07) is 5.72. The van der Waals surface area contributed by atoms with Crippen LogP contribution >= 0.6 is 0 Å². The molecule has 0 spiro atoms. The van der Waals surface area contributed by atoms with Gasteiger partial charge in [-0.25, -0.2) is 0 Å². The number of hydrogen-bond acceptors (Lipinski definition) is 2. The number of aromatic amines is 1. The highest BCUT2D eigenvalue weighted by Crippen LogP contribution is 2.26. The Labute approximate surface area is 112 Å². The summed E-state index contributed by atoms with van der Waals surface area (Å²) in [6.07, 6.45) is 5.12. The van der Waals surface area contributed by atoms with Gasteiger partial charge in [0.05, 0.1) is 12.1 Å². The van der Waals surface area contributed by atoms with E-state index in [0.29, 0.717) is 6.61 Å². The number of para-hydroxylation sites is 1. The maximum absolute atomic E-state index is 12.5. The maximum atomic E-state index is 12.5. The Morgan fingerprint density at radius 1 is 1.26 bits per heavy atom. The Hall–Kier alpha value is -1.77. The second kappa shape index (κ2) is 5.08. The molecule has 0 unspecified atom stereocenters. The van der Waals surface area contributed by atoms with Gasteiger partial charge in [-0.2, -0.15) is 0 Å². The fraction of sp³-hybridized carbons (Fsp3) is 0.438. The van der Waals surface area contributed by atoms with E-state index < -0.39 is 0 Å². The molecule has 3 heteroatoms. The van der Waals surface area contributed by atoms with Crippen molar-refractivity contribution in [3.8, 4) is 5.75 Å². The summed E-state index contributed by atoms with van der Waals surface area (Å²) in [5, 5.41) is 0.759. The summed E-state index contributed by atoms with van der Waals surface area (Å²) >= 11 is 0. The minimum absolute atomic E-state index is 0.186. The molecular weight excluding hydrogens is 238 g/mol. The average Bonchev–Trinajstić information content (AvgIpc) is 2.46. The zero-order chi connectivity index (χ0) is 13.2. The van der Waals surface area contributed by atoms with Gasteiger partial charge in [0.25, 0.3) is 0 Å². The highest BCUT2D eigenvalue weighted by molar-refractivity contribution is 5.85. The number of benzene rings is 1. The molecule has 0 saturated carbocycles. The topological polar surface area (TPSA) is 42.1 Å². The largest absolute Gasteiger partial charge is 0.491 e. The van der Waals surface area contributed by atoms with Crippen molar-refractivity contribution in [1.29, 1.82) is 0 Å². The van der Waals surface area contributed by atoms with Crippen LogP contribution in [0, 0.1) is 0 Å². The molecule has 1 aliphatic carbocycles. The van der Waals surface area contributed by atoms with E-state index in [1.807, 2.05) is 18.2 Å². The number of fused-ring (bicyclic) bond motifs is 2. The van der Waals surface area contributed by atoms with E-state index in [0.717, 1.165) is 60.0 Å². The Balaban J connectivity index is 2.20. The first-order valence-electron chi connectivity index (χ1n) is 7.11. The minimum Gasteiger partial charge on any atom is -0.491 e. The standard InChI is InChI=1S/C16H19NO2/c1-2-10-19-14-9-5-7-12-15(14)17-13-8-4-3-6-11(13)16(12)18/h5,7,9H,2-4,6,8,10H2,1H3,(H,17,18). The van der Waals surface area contributed by atoms with Gasteiger partial charge in [0.1, 0.15) is 5.75 Å². The second-order valence-corrected chi connectivity index (χ2v) is 5.15. The monoisotopic (exact) mass is 257 g/mol. The molecule has 2 aromatic rings. The summed E-state index contributed by atoms with van der Waals surface area (Å²) in [5.41, 5.74) is 3.13. The van der Waals surface area contributed by atoms with E-state index in [2.05, 4.69) is 11.9 Å². The van der Waals surface area contributed by atoms with E-state index in [1.165, 1.54) is 0 Å². The van der Waals surface area contributed by atoms with Gasteiger partial charge in [-0.1, -0.05) is 13.0 Å². The van der Waals surface area contributed by atoms with Crippen molar-refractivity contribution in [2.24, 2.45) is 0 Å². The van der Waals surface area contributed by atoms with E-state index >= 15 is 0 Å². The lowest BCUT2D eigenvalue weighted by atomic mass is 9.94. The Kier molecular flexibility index (Phi) is 3.28. The lowest BCUT2D eigenvalue weighted by Gasteiger charge is -2.17. The molecule has 0 amide bonds. The zero-order valence-electron chi connectivity index (χ0n) is 11.3. The molecular formula is C16H19NO2. The normalized spacial score (nSPS) is 14.4. The average molecular weight is 257 g/mol. The number of H-pyrrole nitrogens is 1. The highest BCUT2D eigenvalue weighted by atomic mass is 16.5. The lowest BCUT2D eigenvalue weighted by molar-refractivity contribution is 0.320. The van der Waals surface area contributed by atoms with Crippen LogP contribution in [0.2, 0.25) is 0 Å². The van der Waals surface area contributed by atoms with Gasteiger partial charge in [0.15, 0.2) is 5.43 Å². The Morgan fingerprint density at radius 2 is 2.11 bits per heavy atom. The van der Waals surface area contributed by atoms with Crippen LogP contribution in [0.15, 0.2) is 23.0 Å². The molecule has 0 bridgehead atoms. The quantitative estimate of drug-likeness (QED) is 0.917. The summed E-state index contributed by atoms with van der Waals surface area (Å²) in [6.45, 7) is 2.76. The molecule has 1 aromatic carbocycles. The summed E-state index contributed by atoms with van der Waals surface area (Å²) in [7, 11) is 0. The van der Waals surface area contributed by atoms with Crippen LogP contribution in [-0.4, -0.2) is 11.6 Å². The first kappa shape index (κ1) is 12.3. The van der Waals surface area contributed by atoms with Gasteiger partial charge in [-0.3, -0.25) is 4.79 Å². The van der Waals surface area contributed by atoms with Crippen molar-refractivity contribution >= 4 is 10.9 Å². The van der Waals surface area contributed by atoms with E-state index in [1.54, 1.807) is 0 Å². The van der Waals surface area contributed by atoms with Crippen LogP contribution in [0.25, 0.3) is 10.9 Å². The van der Waals surface area contributed by atoms with Crippen molar-refractivity contribution in [1.82, 2.24) is 4.98 Å². The van der Waals surface area contributed by atoms with Crippen molar-refractivity contribution in [3.05, 3.63) is 39.7 Å².